The predicted molar refractivity (Wildman–Crippen MR) is 167 cm³/mol. The average Bonchev–Trinajstić information content (AvgIpc) is 3.57. The molecular formula is C33H37F3N6O3. The minimum absolute atomic E-state index is 0.0769. The number of hydrogen-bond donors (Lipinski definition) is 5. The summed E-state index contributed by atoms with van der Waals surface area (Å²) in [6.07, 6.45) is -2.16. The highest BCUT2D eigenvalue weighted by Gasteiger charge is 2.32. The van der Waals surface area contributed by atoms with Crippen LogP contribution in [0, 0.1) is 5.92 Å². The van der Waals surface area contributed by atoms with E-state index in [0.717, 1.165) is 24.8 Å². The van der Waals surface area contributed by atoms with Crippen LogP contribution in [0.25, 0.3) is 33.1 Å². The van der Waals surface area contributed by atoms with E-state index in [1.165, 1.54) is 12.1 Å². The number of anilines is 2. The number of halogens is 3. The third-order valence-corrected chi connectivity index (χ3v) is 8.34. The van der Waals surface area contributed by atoms with Gasteiger partial charge in [0.05, 0.1) is 22.7 Å². The smallest absolute Gasteiger partial charge is 0.405 e. The Balaban J connectivity index is 1.36. The van der Waals surface area contributed by atoms with Gasteiger partial charge in [0.25, 0.3) is 0 Å². The Morgan fingerprint density at radius 3 is 2.58 bits per heavy atom. The first kappa shape index (κ1) is 30.9. The molecule has 2 aromatic heterocycles. The Morgan fingerprint density at radius 2 is 1.82 bits per heavy atom. The molecule has 9 nitrogen and oxygen atoms in total. The molecule has 5 aromatic rings. The number of aliphatic hydroxyl groups is 2. The van der Waals surface area contributed by atoms with E-state index in [4.69, 9.17) is 4.98 Å². The lowest BCUT2D eigenvalue weighted by molar-refractivity contribution is -0.274. The molecule has 1 aliphatic carbocycles. The molecule has 2 heterocycles. The van der Waals surface area contributed by atoms with Crippen molar-refractivity contribution >= 4 is 33.7 Å². The van der Waals surface area contributed by atoms with Crippen LogP contribution in [-0.4, -0.2) is 49.0 Å². The first-order valence-electron chi connectivity index (χ1n) is 15.3. The topological polar surface area (TPSA) is 120 Å². The van der Waals surface area contributed by atoms with Crippen LogP contribution in [0.5, 0.6) is 5.75 Å². The van der Waals surface area contributed by atoms with Gasteiger partial charge in [-0.05, 0) is 86.0 Å². The number of alkyl halides is 3. The molecule has 0 bridgehead atoms. The van der Waals surface area contributed by atoms with Gasteiger partial charge in [-0.3, -0.25) is 10.4 Å². The lowest BCUT2D eigenvalue weighted by atomic mass is 9.93. The number of nitrogens with zero attached hydrogens (tertiary/aromatic N) is 3. The Morgan fingerprint density at radius 1 is 1.04 bits per heavy atom. The fourth-order valence-electron chi connectivity index (χ4n) is 5.99. The van der Waals surface area contributed by atoms with Crippen molar-refractivity contribution in [2.45, 2.75) is 70.7 Å². The second-order valence-electron chi connectivity index (χ2n) is 12.1. The fourth-order valence-corrected chi connectivity index (χ4v) is 5.99. The summed E-state index contributed by atoms with van der Waals surface area (Å²) in [6.45, 7) is 4.95. The Kier molecular flexibility index (Phi) is 8.71. The molecule has 1 aliphatic rings. The summed E-state index contributed by atoms with van der Waals surface area (Å²) in [6, 6.07) is 17.1. The first-order chi connectivity index (χ1) is 21.6. The summed E-state index contributed by atoms with van der Waals surface area (Å²) in [5.74, 6) is 1.23. The molecule has 5 N–H and O–H groups in total. The zero-order valence-electron chi connectivity index (χ0n) is 25.1. The molecular weight excluding hydrogens is 585 g/mol. The maximum Gasteiger partial charge on any atom is 0.573 e. The van der Waals surface area contributed by atoms with Gasteiger partial charge in [-0.25, -0.2) is 4.98 Å². The third kappa shape index (κ3) is 6.92. The molecule has 238 valence electrons. The number of hydrogen-bond acceptors (Lipinski definition) is 7. The minimum atomic E-state index is -4.82. The number of ether oxygens (including phenoxy) is 1. The number of aromatic nitrogens is 4. The molecule has 0 saturated heterocycles. The van der Waals surface area contributed by atoms with Crippen LogP contribution in [-0.2, 0) is 0 Å². The number of para-hydroxylation sites is 1. The number of aromatic amines is 1. The number of benzene rings is 3. The monoisotopic (exact) mass is 622 g/mol. The van der Waals surface area contributed by atoms with E-state index >= 15 is 0 Å². The molecule has 3 aromatic carbocycles. The number of rotatable bonds is 10. The van der Waals surface area contributed by atoms with Crippen LogP contribution in [0.3, 0.4) is 0 Å². The molecule has 1 unspecified atom stereocenters. The van der Waals surface area contributed by atoms with Crippen LogP contribution in [0.2, 0.25) is 0 Å². The highest BCUT2D eigenvalue weighted by molar-refractivity contribution is 5.95. The molecule has 0 radical (unpaired) electrons. The van der Waals surface area contributed by atoms with Crippen molar-refractivity contribution in [2.75, 3.05) is 11.9 Å². The van der Waals surface area contributed by atoms with E-state index in [1.807, 2.05) is 18.2 Å². The number of H-pyrrole nitrogens is 1. The maximum absolute atomic E-state index is 13.1. The van der Waals surface area contributed by atoms with Gasteiger partial charge in [0.2, 0.25) is 5.95 Å². The summed E-state index contributed by atoms with van der Waals surface area (Å²) >= 11 is 0. The van der Waals surface area contributed by atoms with Gasteiger partial charge in [-0.15, -0.1) is 13.2 Å². The Labute approximate surface area is 258 Å². The molecule has 0 amide bonds. The van der Waals surface area contributed by atoms with E-state index in [1.54, 1.807) is 30.3 Å². The average molecular weight is 623 g/mol. The van der Waals surface area contributed by atoms with E-state index in [2.05, 4.69) is 44.0 Å². The van der Waals surface area contributed by atoms with Crippen LogP contribution in [0.4, 0.5) is 24.9 Å². The van der Waals surface area contributed by atoms with E-state index in [-0.39, 0.29) is 17.9 Å². The zero-order valence-corrected chi connectivity index (χ0v) is 25.1. The van der Waals surface area contributed by atoms with Gasteiger partial charge in [0.15, 0.2) is 5.82 Å². The molecule has 0 aliphatic heterocycles. The first-order valence-corrected chi connectivity index (χ1v) is 15.3. The zero-order chi connectivity index (χ0) is 31.7. The number of nitrogens with one attached hydrogen (secondary N) is 3. The lowest BCUT2D eigenvalue weighted by Crippen LogP contribution is -2.23. The second kappa shape index (κ2) is 12.7. The molecule has 1 atom stereocenters. The molecule has 0 spiro atoms. The van der Waals surface area contributed by atoms with Gasteiger partial charge in [0.1, 0.15) is 12.0 Å². The summed E-state index contributed by atoms with van der Waals surface area (Å²) < 4.78 is 45.8. The van der Waals surface area contributed by atoms with E-state index in [0.29, 0.717) is 70.2 Å². The van der Waals surface area contributed by atoms with Crippen LogP contribution < -0.4 is 15.4 Å². The second-order valence-corrected chi connectivity index (χ2v) is 12.1. The third-order valence-electron chi connectivity index (χ3n) is 8.34. The Hall–Kier alpha value is -4.13. The summed E-state index contributed by atoms with van der Waals surface area (Å²) in [5.41, 5.74) is 3.81. The normalized spacial score (nSPS) is 18.1. The van der Waals surface area contributed by atoms with Crippen molar-refractivity contribution in [3.05, 3.63) is 66.2 Å². The van der Waals surface area contributed by atoms with E-state index in [9.17, 15) is 23.4 Å². The van der Waals surface area contributed by atoms with E-state index < -0.39 is 12.6 Å². The molecule has 45 heavy (non-hydrogen) atoms. The van der Waals surface area contributed by atoms with Gasteiger partial charge in [-0.1, -0.05) is 44.2 Å². The number of fused-ring (bicyclic) bond motifs is 2. The maximum atomic E-state index is 13.1. The number of imidazole rings is 1. The van der Waals surface area contributed by atoms with Crippen molar-refractivity contribution in [3.63, 3.8) is 0 Å². The Bertz CT molecular complexity index is 1780. The molecule has 12 heteroatoms. The molecule has 1 fully saturated rings. The van der Waals surface area contributed by atoms with Crippen molar-refractivity contribution in [3.8, 4) is 16.9 Å². The predicted octanol–water partition coefficient (Wildman–Crippen LogP) is 7.32. The van der Waals surface area contributed by atoms with Crippen LogP contribution in [0.15, 0.2) is 60.7 Å². The largest absolute Gasteiger partial charge is 0.573 e. The van der Waals surface area contributed by atoms with Gasteiger partial charge >= 0.3 is 6.36 Å². The van der Waals surface area contributed by atoms with Crippen LogP contribution in [0.1, 0.15) is 63.8 Å². The van der Waals surface area contributed by atoms with Crippen molar-refractivity contribution < 1.29 is 28.1 Å². The highest BCUT2D eigenvalue weighted by Crippen LogP contribution is 2.39. The van der Waals surface area contributed by atoms with Crippen molar-refractivity contribution in [2.24, 2.45) is 5.92 Å². The van der Waals surface area contributed by atoms with Crippen LogP contribution >= 0.6 is 0 Å². The van der Waals surface area contributed by atoms with Crippen molar-refractivity contribution in [1.82, 2.24) is 25.1 Å². The SMILES string of the molecule is CC(C)CCNC(O)c1ccc2c(c1)nc(Nc1n[nH]c3ccc(-c4ccccc4OC(F)(F)F)cc13)n2C1CCC(O)CC1. The standard InChI is InChI=1S/C33H37F3N6O3/c1-19(2)15-16-37-31(44)21-8-14-28-27(18-21)38-32(42(28)22-9-11-23(43)12-10-22)39-30-25-17-20(7-13-26(25)40-41-30)24-5-3-4-6-29(24)45-33(34,35)36/h3-8,13-14,17-19,22-23,31,37,43-44H,9-12,15-16H2,1-2H3,(H2,38,39,40,41). The highest BCUT2D eigenvalue weighted by atomic mass is 19.4. The minimum Gasteiger partial charge on any atom is -0.405 e. The summed E-state index contributed by atoms with van der Waals surface area (Å²) in [7, 11) is 0. The summed E-state index contributed by atoms with van der Waals surface area (Å²) in [4.78, 5) is 4.93. The number of aliphatic hydroxyl groups excluding tert-OH is 2. The quantitative estimate of drug-likeness (QED) is 0.104. The van der Waals surface area contributed by atoms with Gasteiger partial charge < -0.3 is 24.8 Å². The molecule has 1 saturated carbocycles. The summed E-state index contributed by atoms with van der Waals surface area (Å²) in [5, 5.41) is 35.7. The lowest BCUT2D eigenvalue weighted by Gasteiger charge is -2.28. The van der Waals surface area contributed by atoms with Gasteiger partial charge in [-0.2, -0.15) is 5.10 Å². The molecule has 6 rings (SSSR count). The van der Waals surface area contributed by atoms with Gasteiger partial charge in [0, 0.05) is 17.0 Å². The fraction of sp³-hybridized carbons (Fsp3) is 0.394. The van der Waals surface area contributed by atoms with Crippen molar-refractivity contribution in [1.29, 1.82) is 0 Å².